The molecule has 0 atom stereocenters. The van der Waals surface area contributed by atoms with Crippen LogP contribution >= 0.6 is 11.3 Å². The number of carbonyl (C=O) groups is 1. The molecule has 1 aromatic carbocycles. The fourth-order valence-corrected chi connectivity index (χ4v) is 2.54. The van der Waals surface area contributed by atoms with Crippen LogP contribution in [0.1, 0.15) is 20.8 Å². The van der Waals surface area contributed by atoms with Gasteiger partial charge in [-0.15, -0.1) is 11.3 Å². The summed E-state index contributed by atoms with van der Waals surface area (Å²) < 4.78 is 13.7. The van der Waals surface area contributed by atoms with Crippen LogP contribution in [-0.4, -0.2) is 5.91 Å². The molecule has 100 valence electrons. The molecule has 5 N–H and O–H groups in total. The van der Waals surface area contributed by atoms with Crippen molar-refractivity contribution in [2.75, 3.05) is 11.1 Å². The lowest BCUT2D eigenvalue weighted by atomic mass is 10.1. The summed E-state index contributed by atoms with van der Waals surface area (Å²) >= 11 is 1.59. The Labute approximate surface area is 114 Å². The van der Waals surface area contributed by atoms with Crippen molar-refractivity contribution in [3.05, 3.63) is 45.4 Å². The van der Waals surface area contributed by atoms with E-state index in [1.165, 1.54) is 6.07 Å². The average Bonchev–Trinajstić information content (AvgIpc) is 2.73. The normalized spacial score (nSPS) is 10.4. The maximum Gasteiger partial charge on any atom is 0.250 e. The summed E-state index contributed by atoms with van der Waals surface area (Å²) in [5.74, 6) is -1.18. The number of rotatable bonds is 4. The SMILES string of the molecule is Cc1ccsc1CNc1cc(C(N)=O)c(N)cc1F. The summed E-state index contributed by atoms with van der Waals surface area (Å²) in [7, 11) is 0. The van der Waals surface area contributed by atoms with Gasteiger partial charge in [0.2, 0.25) is 0 Å². The predicted octanol–water partition coefficient (Wildman–Crippen LogP) is 2.49. The van der Waals surface area contributed by atoms with Crippen molar-refractivity contribution in [1.29, 1.82) is 0 Å². The first-order chi connectivity index (χ1) is 8.99. The topological polar surface area (TPSA) is 81.1 Å². The van der Waals surface area contributed by atoms with Crippen LogP contribution in [0.2, 0.25) is 0 Å². The van der Waals surface area contributed by atoms with Gasteiger partial charge in [0.25, 0.3) is 5.91 Å². The minimum atomic E-state index is -0.673. The van der Waals surface area contributed by atoms with E-state index >= 15 is 0 Å². The Balaban J connectivity index is 2.23. The number of nitrogens with two attached hydrogens (primary N) is 2. The van der Waals surface area contributed by atoms with Gasteiger partial charge < -0.3 is 16.8 Å². The molecule has 0 unspecified atom stereocenters. The van der Waals surface area contributed by atoms with Gasteiger partial charge in [-0.05, 0) is 36.1 Å². The minimum absolute atomic E-state index is 0.0443. The van der Waals surface area contributed by atoms with Gasteiger partial charge in [0, 0.05) is 17.1 Å². The van der Waals surface area contributed by atoms with Gasteiger partial charge in [0.05, 0.1) is 11.3 Å². The van der Waals surface area contributed by atoms with Crippen molar-refractivity contribution in [3.8, 4) is 0 Å². The molecule has 4 nitrogen and oxygen atoms in total. The monoisotopic (exact) mass is 279 g/mol. The third-order valence-corrected chi connectivity index (χ3v) is 3.84. The number of halogens is 1. The summed E-state index contributed by atoms with van der Waals surface area (Å²) in [5, 5.41) is 4.92. The molecule has 0 spiro atoms. The Morgan fingerprint density at radius 2 is 2.21 bits per heavy atom. The summed E-state index contributed by atoms with van der Waals surface area (Å²) in [6, 6.07) is 4.44. The van der Waals surface area contributed by atoms with Crippen LogP contribution in [0, 0.1) is 12.7 Å². The zero-order chi connectivity index (χ0) is 14.0. The second kappa shape index (κ2) is 5.27. The number of nitrogen functional groups attached to an aromatic ring is 1. The van der Waals surface area contributed by atoms with Crippen LogP contribution < -0.4 is 16.8 Å². The standard InChI is InChI=1S/C13H14FN3OS/c1-7-2-3-19-12(7)6-17-11-4-8(13(16)18)10(15)5-9(11)14/h2-5,17H,6,15H2,1H3,(H2,16,18). The van der Waals surface area contributed by atoms with Crippen molar-refractivity contribution < 1.29 is 9.18 Å². The van der Waals surface area contributed by atoms with E-state index in [2.05, 4.69) is 5.32 Å². The maximum absolute atomic E-state index is 13.7. The van der Waals surface area contributed by atoms with Crippen LogP contribution in [0.25, 0.3) is 0 Å². The lowest BCUT2D eigenvalue weighted by Crippen LogP contribution is -2.14. The number of aryl methyl sites for hydroxylation is 1. The van der Waals surface area contributed by atoms with Crippen molar-refractivity contribution in [1.82, 2.24) is 0 Å². The molecule has 0 saturated heterocycles. The molecule has 0 fully saturated rings. The molecule has 19 heavy (non-hydrogen) atoms. The number of anilines is 2. The molecular weight excluding hydrogens is 265 g/mol. The molecule has 0 aliphatic heterocycles. The van der Waals surface area contributed by atoms with E-state index in [0.717, 1.165) is 16.5 Å². The molecular formula is C13H14FN3OS. The molecule has 6 heteroatoms. The number of benzene rings is 1. The van der Waals surface area contributed by atoms with E-state index in [1.807, 2.05) is 18.4 Å². The Morgan fingerprint density at radius 3 is 2.79 bits per heavy atom. The molecule has 1 amide bonds. The highest BCUT2D eigenvalue weighted by Gasteiger charge is 2.12. The van der Waals surface area contributed by atoms with Gasteiger partial charge in [0.1, 0.15) is 5.82 Å². The smallest absolute Gasteiger partial charge is 0.250 e. The number of carbonyl (C=O) groups excluding carboxylic acids is 1. The van der Waals surface area contributed by atoms with Crippen LogP contribution in [-0.2, 0) is 6.54 Å². The molecule has 2 rings (SSSR count). The van der Waals surface area contributed by atoms with Crippen molar-refractivity contribution in [2.24, 2.45) is 5.73 Å². The molecule has 0 aliphatic carbocycles. The molecule has 0 bridgehead atoms. The lowest BCUT2D eigenvalue weighted by molar-refractivity contribution is 0.100. The highest BCUT2D eigenvalue weighted by atomic mass is 32.1. The molecule has 2 aromatic rings. The third kappa shape index (κ3) is 2.85. The van der Waals surface area contributed by atoms with Crippen LogP contribution in [0.5, 0.6) is 0 Å². The first-order valence-corrected chi connectivity index (χ1v) is 6.52. The number of nitrogens with one attached hydrogen (secondary N) is 1. The highest BCUT2D eigenvalue weighted by Crippen LogP contribution is 2.24. The molecule has 0 saturated carbocycles. The summed E-state index contributed by atoms with van der Waals surface area (Å²) in [4.78, 5) is 12.3. The maximum atomic E-state index is 13.7. The average molecular weight is 279 g/mol. The summed E-state index contributed by atoms with van der Waals surface area (Å²) in [5.41, 5.74) is 12.2. The van der Waals surface area contributed by atoms with Gasteiger partial charge in [-0.3, -0.25) is 4.79 Å². The van der Waals surface area contributed by atoms with E-state index in [0.29, 0.717) is 6.54 Å². The zero-order valence-electron chi connectivity index (χ0n) is 10.4. The van der Waals surface area contributed by atoms with E-state index in [1.54, 1.807) is 11.3 Å². The van der Waals surface area contributed by atoms with Crippen molar-refractivity contribution >= 4 is 28.6 Å². The van der Waals surface area contributed by atoms with Crippen LogP contribution in [0.3, 0.4) is 0 Å². The van der Waals surface area contributed by atoms with Gasteiger partial charge in [-0.1, -0.05) is 0 Å². The largest absolute Gasteiger partial charge is 0.398 e. The van der Waals surface area contributed by atoms with E-state index in [9.17, 15) is 9.18 Å². The molecule has 0 aliphatic rings. The van der Waals surface area contributed by atoms with E-state index in [-0.39, 0.29) is 16.9 Å². The molecule has 0 radical (unpaired) electrons. The fourth-order valence-electron chi connectivity index (χ4n) is 1.70. The molecule has 1 heterocycles. The predicted molar refractivity (Wildman–Crippen MR) is 75.7 cm³/mol. The van der Waals surface area contributed by atoms with Gasteiger partial charge in [0.15, 0.2) is 0 Å². The third-order valence-electron chi connectivity index (χ3n) is 2.81. The summed E-state index contributed by atoms with van der Waals surface area (Å²) in [6.45, 7) is 2.48. The van der Waals surface area contributed by atoms with Crippen LogP contribution in [0.15, 0.2) is 23.6 Å². The highest BCUT2D eigenvalue weighted by molar-refractivity contribution is 7.10. The van der Waals surface area contributed by atoms with Gasteiger partial charge in [-0.25, -0.2) is 4.39 Å². The number of hydrogen-bond donors (Lipinski definition) is 3. The quantitative estimate of drug-likeness (QED) is 0.752. The second-order valence-corrected chi connectivity index (χ2v) is 5.16. The zero-order valence-corrected chi connectivity index (χ0v) is 11.2. The minimum Gasteiger partial charge on any atom is -0.398 e. The number of hydrogen-bond acceptors (Lipinski definition) is 4. The number of primary amides is 1. The lowest BCUT2D eigenvalue weighted by Gasteiger charge is -2.10. The van der Waals surface area contributed by atoms with Gasteiger partial charge >= 0.3 is 0 Å². The first kappa shape index (κ1) is 13.4. The Kier molecular flexibility index (Phi) is 3.71. The Bertz CT molecular complexity index is 624. The fraction of sp³-hybridized carbons (Fsp3) is 0.154. The first-order valence-electron chi connectivity index (χ1n) is 5.64. The van der Waals surface area contributed by atoms with Gasteiger partial charge in [-0.2, -0.15) is 0 Å². The Morgan fingerprint density at radius 1 is 1.47 bits per heavy atom. The summed E-state index contributed by atoms with van der Waals surface area (Å²) in [6.07, 6.45) is 0. The van der Waals surface area contributed by atoms with Crippen molar-refractivity contribution in [3.63, 3.8) is 0 Å². The van der Waals surface area contributed by atoms with Crippen LogP contribution in [0.4, 0.5) is 15.8 Å². The second-order valence-electron chi connectivity index (χ2n) is 4.16. The molecule has 1 aromatic heterocycles. The number of amides is 1. The Hall–Kier alpha value is -2.08. The number of thiophene rings is 1. The van der Waals surface area contributed by atoms with E-state index in [4.69, 9.17) is 11.5 Å². The van der Waals surface area contributed by atoms with Crippen molar-refractivity contribution in [2.45, 2.75) is 13.5 Å². The van der Waals surface area contributed by atoms with E-state index < -0.39 is 11.7 Å².